The highest BCUT2D eigenvalue weighted by Gasteiger charge is 2.38. The highest BCUT2D eigenvalue weighted by molar-refractivity contribution is 6.08. The number of carboxylic acids is 2. The highest BCUT2D eigenvalue weighted by atomic mass is 19.4. The van der Waals surface area contributed by atoms with Crippen molar-refractivity contribution in [2.45, 2.75) is 32.9 Å². The summed E-state index contributed by atoms with van der Waals surface area (Å²) < 4.78 is 31.7. The summed E-state index contributed by atoms with van der Waals surface area (Å²) in [5, 5.41) is 19.5. The maximum Gasteiger partial charge on any atom is 0.490 e. The molecule has 0 bridgehead atoms. The summed E-state index contributed by atoms with van der Waals surface area (Å²) >= 11 is 0. The zero-order valence-electron chi connectivity index (χ0n) is 18.1. The van der Waals surface area contributed by atoms with Gasteiger partial charge in [0.05, 0.1) is 11.3 Å². The zero-order chi connectivity index (χ0) is 24.8. The first-order valence-corrected chi connectivity index (χ1v) is 10.2. The van der Waals surface area contributed by atoms with E-state index in [9.17, 15) is 27.9 Å². The Kier molecular flexibility index (Phi) is 8.44. The summed E-state index contributed by atoms with van der Waals surface area (Å²) in [5.41, 5.74) is 2.81. The van der Waals surface area contributed by atoms with Crippen molar-refractivity contribution in [3.8, 4) is 0 Å². The molecule has 0 aromatic heterocycles. The lowest BCUT2D eigenvalue weighted by Crippen LogP contribution is -2.34. The van der Waals surface area contributed by atoms with Crippen molar-refractivity contribution in [3.63, 3.8) is 0 Å². The van der Waals surface area contributed by atoms with Gasteiger partial charge in [-0.05, 0) is 56.0 Å². The number of carbonyl (C=O) groups excluding carboxylic acids is 1. The fourth-order valence-electron chi connectivity index (χ4n) is 3.42. The molecule has 0 saturated carbocycles. The Morgan fingerprint density at radius 1 is 1.09 bits per heavy atom. The number of nitrogens with one attached hydrogen (secondary N) is 1. The van der Waals surface area contributed by atoms with Crippen LogP contribution in [0.5, 0.6) is 0 Å². The van der Waals surface area contributed by atoms with Gasteiger partial charge in [0.25, 0.3) is 5.91 Å². The molecule has 1 fully saturated rings. The second-order valence-electron chi connectivity index (χ2n) is 7.85. The van der Waals surface area contributed by atoms with Crippen LogP contribution in [0.2, 0.25) is 0 Å². The molecule has 178 valence electrons. The van der Waals surface area contributed by atoms with Crippen LogP contribution in [0.25, 0.3) is 0 Å². The number of amides is 1. The maximum absolute atomic E-state index is 12.5. The van der Waals surface area contributed by atoms with E-state index in [1.165, 1.54) is 6.42 Å². The first-order valence-electron chi connectivity index (χ1n) is 10.2. The summed E-state index contributed by atoms with van der Waals surface area (Å²) in [6, 6.07) is 12.4. The summed E-state index contributed by atoms with van der Waals surface area (Å²) in [7, 11) is 0. The van der Waals surface area contributed by atoms with Gasteiger partial charge in [-0.2, -0.15) is 13.2 Å². The lowest BCUT2D eigenvalue weighted by atomic mass is 9.99. The Morgan fingerprint density at radius 3 is 2.30 bits per heavy atom. The van der Waals surface area contributed by atoms with Gasteiger partial charge in [0.2, 0.25) is 0 Å². The number of anilines is 2. The molecular formula is C23H25F3N2O5. The molecule has 1 heterocycles. The number of hydrogen-bond acceptors (Lipinski definition) is 4. The summed E-state index contributed by atoms with van der Waals surface area (Å²) in [6.45, 7) is 5.97. The van der Waals surface area contributed by atoms with E-state index >= 15 is 0 Å². The van der Waals surface area contributed by atoms with Gasteiger partial charge in [-0.1, -0.05) is 24.6 Å². The van der Waals surface area contributed by atoms with E-state index in [1.54, 1.807) is 24.3 Å². The Labute approximate surface area is 188 Å². The van der Waals surface area contributed by atoms with Gasteiger partial charge in [-0.25, -0.2) is 9.59 Å². The van der Waals surface area contributed by atoms with Crippen molar-refractivity contribution in [1.29, 1.82) is 0 Å². The molecule has 1 unspecified atom stereocenters. The number of alkyl halides is 3. The molecule has 2 aromatic carbocycles. The number of rotatable bonds is 4. The quantitative estimate of drug-likeness (QED) is 0.597. The third-order valence-corrected chi connectivity index (χ3v) is 5.03. The summed E-state index contributed by atoms with van der Waals surface area (Å²) in [6.07, 6.45) is -2.78. The number of aryl methyl sites for hydroxylation is 1. The van der Waals surface area contributed by atoms with Gasteiger partial charge in [0.1, 0.15) is 0 Å². The predicted molar refractivity (Wildman–Crippen MR) is 117 cm³/mol. The van der Waals surface area contributed by atoms with E-state index in [-0.39, 0.29) is 11.5 Å². The van der Waals surface area contributed by atoms with Gasteiger partial charge in [-0.3, -0.25) is 4.79 Å². The average molecular weight is 466 g/mol. The first-order chi connectivity index (χ1) is 15.4. The topological polar surface area (TPSA) is 107 Å². The molecule has 3 N–H and O–H groups in total. The normalized spacial score (nSPS) is 15.8. The van der Waals surface area contributed by atoms with Crippen LogP contribution in [0.15, 0.2) is 42.5 Å². The molecule has 3 rings (SSSR count). The first kappa shape index (κ1) is 25.7. The standard InChI is InChI=1S/C21H24N2O3.C2HF3O2/c1-14-5-3-7-16(11-14)20(24)22-19-9-8-17(12-18(19)21(25)26)23-10-4-6-15(2)13-23;3-2(4,5)1(6)7/h3,5,7-9,11-12,15H,4,6,10,13H2,1-2H3,(H,22,24)(H,25,26);(H,6,7). The van der Waals surface area contributed by atoms with E-state index in [0.717, 1.165) is 30.8 Å². The monoisotopic (exact) mass is 466 g/mol. The van der Waals surface area contributed by atoms with Crippen molar-refractivity contribution in [2.75, 3.05) is 23.3 Å². The van der Waals surface area contributed by atoms with E-state index in [1.807, 2.05) is 25.1 Å². The molecule has 0 radical (unpaired) electrons. The van der Waals surface area contributed by atoms with Crippen LogP contribution in [0.1, 0.15) is 46.0 Å². The second kappa shape index (κ2) is 10.8. The Morgan fingerprint density at radius 2 is 1.76 bits per heavy atom. The largest absolute Gasteiger partial charge is 0.490 e. The minimum Gasteiger partial charge on any atom is -0.478 e. The van der Waals surface area contributed by atoms with Crippen LogP contribution in [-0.2, 0) is 4.79 Å². The molecule has 7 nitrogen and oxygen atoms in total. The van der Waals surface area contributed by atoms with Crippen LogP contribution in [0.3, 0.4) is 0 Å². The molecule has 1 aliphatic rings. The van der Waals surface area contributed by atoms with Crippen LogP contribution < -0.4 is 10.2 Å². The Hall–Kier alpha value is -3.56. The fraction of sp³-hybridized carbons (Fsp3) is 0.348. The number of aromatic carboxylic acids is 1. The SMILES string of the molecule is Cc1cccc(C(=O)Nc2ccc(N3CCCC(C)C3)cc2C(=O)O)c1.O=C(O)C(F)(F)F. The molecule has 0 aliphatic carbocycles. The average Bonchev–Trinajstić information content (AvgIpc) is 2.73. The molecule has 1 amide bonds. The van der Waals surface area contributed by atoms with Crippen molar-refractivity contribution >= 4 is 29.2 Å². The van der Waals surface area contributed by atoms with Crippen LogP contribution >= 0.6 is 0 Å². The zero-order valence-corrected chi connectivity index (χ0v) is 18.1. The maximum atomic E-state index is 12.5. The lowest BCUT2D eigenvalue weighted by Gasteiger charge is -2.33. The molecule has 33 heavy (non-hydrogen) atoms. The lowest BCUT2D eigenvalue weighted by molar-refractivity contribution is -0.192. The minimum absolute atomic E-state index is 0.113. The van der Waals surface area contributed by atoms with Crippen molar-refractivity contribution in [2.24, 2.45) is 5.92 Å². The van der Waals surface area contributed by atoms with Gasteiger partial charge in [0, 0.05) is 24.3 Å². The number of piperidine rings is 1. The van der Waals surface area contributed by atoms with Crippen LogP contribution in [-0.4, -0.2) is 47.3 Å². The third-order valence-electron chi connectivity index (χ3n) is 5.03. The van der Waals surface area contributed by atoms with Crippen LogP contribution in [0.4, 0.5) is 24.5 Å². The Bertz CT molecular complexity index is 1020. The number of carbonyl (C=O) groups is 3. The smallest absolute Gasteiger partial charge is 0.478 e. The number of hydrogen-bond donors (Lipinski definition) is 3. The molecule has 0 spiro atoms. The number of carboxylic acid groups (broad SMARTS) is 2. The molecule has 1 saturated heterocycles. The summed E-state index contributed by atoms with van der Waals surface area (Å²) in [5.74, 6) is -3.52. The molecule has 2 aromatic rings. The molecular weight excluding hydrogens is 441 g/mol. The Balaban J connectivity index is 0.000000479. The molecule has 10 heteroatoms. The second-order valence-corrected chi connectivity index (χ2v) is 7.85. The van der Waals surface area contributed by atoms with E-state index < -0.39 is 18.1 Å². The number of nitrogens with zero attached hydrogens (tertiary/aromatic N) is 1. The number of aliphatic carboxylic acids is 1. The third kappa shape index (κ3) is 7.51. The van der Waals surface area contributed by atoms with Crippen molar-refractivity contribution in [3.05, 3.63) is 59.2 Å². The van der Waals surface area contributed by atoms with Crippen molar-refractivity contribution in [1.82, 2.24) is 0 Å². The predicted octanol–water partition coefficient (Wildman–Crippen LogP) is 4.82. The van der Waals surface area contributed by atoms with E-state index in [0.29, 0.717) is 17.2 Å². The highest BCUT2D eigenvalue weighted by Crippen LogP contribution is 2.28. The molecule has 1 atom stereocenters. The van der Waals surface area contributed by atoms with Gasteiger partial charge in [-0.15, -0.1) is 0 Å². The van der Waals surface area contributed by atoms with Gasteiger partial charge >= 0.3 is 18.1 Å². The van der Waals surface area contributed by atoms with Gasteiger partial charge < -0.3 is 20.4 Å². The van der Waals surface area contributed by atoms with E-state index in [4.69, 9.17) is 9.90 Å². The summed E-state index contributed by atoms with van der Waals surface area (Å²) in [4.78, 5) is 35.3. The minimum atomic E-state index is -5.08. The van der Waals surface area contributed by atoms with E-state index in [2.05, 4.69) is 17.1 Å². The fourth-order valence-corrected chi connectivity index (χ4v) is 3.42. The molecule has 1 aliphatic heterocycles. The van der Waals surface area contributed by atoms with Crippen LogP contribution in [0, 0.1) is 12.8 Å². The number of halogens is 3. The number of benzene rings is 2. The van der Waals surface area contributed by atoms with Gasteiger partial charge in [0.15, 0.2) is 0 Å². The van der Waals surface area contributed by atoms with Crippen molar-refractivity contribution < 1.29 is 37.8 Å².